The Balaban J connectivity index is 1.62. The molecule has 0 radical (unpaired) electrons. The van der Waals surface area contributed by atoms with Gasteiger partial charge in [-0.15, -0.1) is 0 Å². The number of nitrogens with zero attached hydrogens (tertiary/aromatic N) is 3. The smallest absolute Gasteiger partial charge is 0.188 e. The van der Waals surface area contributed by atoms with Crippen LogP contribution in [0.15, 0.2) is 23.5 Å². The molecular weight excluding hydrogens is 218 g/mol. The summed E-state index contributed by atoms with van der Waals surface area (Å²) in [5, 5.41) is 7.15. The van der Waals surface area contributed by atoms with Gasteiger partial charge in [-0.25, -0.2) is 0 Å². The van der Waals surface area contributed by atoms with E-state index in [-0.39, 0.29) is 6.10 Å². The van der Waals surface area contributed by atoms with Crippen molar-refractivity contribution in [3.8, 4) is 0 Å². The fourth-order valence-electron chi connectivity index (χ4n) is 1.78. The normalized spacial score (nSPS) is 20.7. The van der Waals surface area contributed by atoms with E-state index in [1.807, 2.05) is 16.9 Å². The highest BCUT2D eigenvalue weighted by Crippen LogP contribution is 2.11. The number of rotatable bonds is 5. The molecule has 2 heterocycles. The van der Waals surface area contributed by atoms with Crippen LogP contribution in [-0.4, -0.2) is 41.5 Å². The highest BCUT2D eigenvalue weighted by Gasteiger charge is 2.14. The standard InChI is InChI=1S/C11H19N5O/c12-11(14-9-10-3-1-8-17-10)13-5-7-16-6-2-4-15-16/h2,4,6,10H,1,3,5,7-9H2,(H3,12,13,14). The molecule has 0 spiro atoms. The molecule has 17 heavy (non-hydrogen) atoms. The lowest BCUT2D eigenvalue weighted by Gasteiger charge is -2.08. The van der Waals surface area contributed by atoms with Crippen LogP contribution in [0.4, 0.5) is 0 Å². The molecule has 0 aliphatic carbocycles. The van der Waals surface area contributed by atoms with Crippen molar-refractivity contribution in [1.29, 1.82) is 0 Å². The zero-order valence-corrected chi connectivity index (χ0v) is 9.88. The third kappa shape index (κ3) is 4.07. The zero-order valence-electron chi connectivity index (χ0n) is 9.88. The number of aromatic nitrogens is 2. The maximum Gasteiger partial charge on any atom is 0.188 e. The first kappa shape index (κ1) is 11.9. The minimum absolute atomic E-state index is 0.251. The van der Waals surface area contributed by atoms with Crippen LogP contribution >= 0.6 is 0 Å². The topological polar surface area (TPSA) is 77.5 Å². The van der Waals surface area contributed by atoms with Crippen molar-refractivity contribution < 1.29 is 4.74 Å². The predicted molar refractivity (Wildman–Crippen MR) is 65.7 cm³/mol. The Labute approximate surface area is 101 Å². The molecule has 94 valence electrons. The largest absolute Gasteiger partial charge is 0.376 e. The summed E-state index contributed by atoms with van der Waals surface area (Å²) in [6, 6.07) is 1.90. The first-order valence-corrected chi connectivity index (χ1v) is 5.97. The van der Waals surface area contributed by atoms with E-state index in [0.29, 0.717) is 12.5 Å². The van der Waals surface area contributed by atoms with Gasteiger partial charge in [0.05, 0.1) is 19.2 Å². The molecule has 0 amide bonds. The van der Waals surface area contributed by atoms with Gasteiger partial charge in [0.25, 0.3) is 0 Å². The van der Waals surface area contributed by atoms with Crippen molar-refractivity contribution in [2.45, 2.75) is 25.5 Å². The third-order valence-electron chi connectivity index (χ3n) is 2.70. The molecule has 1 unspecified atom stereocenters. The van der Waals surface area contributed by atoms with E-state index in [1.165, 1.54) is 0 Å². The number of nitrogens with two attached hydrogens (primary N) is 1. The Kier molecular flexibility index (Phi) is 4.37. The summed E-state index contributed by atoms with van der Waals surface area (Å²) < 4.78 is 7.31. The third-order valence-corrected chi connectivity index (χ3v) is 2.70. The molecule has 0 aromatic carbocycles. The number of guanidine groups is 1. The number of nitrogens with one attached hydrogen (secondary N) is 1. The van der Waals surface area contributed by atoms with Gasteiger partial charge < -0.3 is 15.8 Å². The molecular formula is C11H19N5O. The lowest BCUT2D eigenvalue weighted by molar-refractivity contribution is 0.118. The molecule has 1 aliphatic rings. The molecule has 0 bridgehead atoms. The van der Waals surface area contributed by atoms with E-state index in [9.17, 15) is 0 Å². The maximum absolute atomic E-state index is 5.74. The van der Waals surface area contributed by atoms with E-state index in [0.717, 1.165) is 32.5 Å². The van der Waals surface area contributed by atoms with Gasteiger partial charge >= 0.3 is 0 Å². The number of aliphatic imine (C=N–C) groups is 1. The zero-order chi connectivity index (χ0) is 11.9. The first-order valence-electron chi connectivity index (χ1n) is 5.97. The molecule has 1 atom stereocenters. The fraction of sp³-hybridized carbons (Fsp3) is 0.636. The SMILES string of the molecule is NC(=NCC1CCCO1)NCCn1cccn1. The van der Waals surface area contributed by atoms with Crippen LogP contribution < -0.4 is 11.1 Å². The molecule has 1 aromatic heterocycles. The summed E-state index contributed by atoms with van der Waals surface area (Å²) in [7, 11) is 0. The Morgan fingerprint density at radius 3 is 3.29 bits per heavy atom. The molecule has 6 heteroatoms. The lowest BCUT2D eigenvalue weighted by atomic mass is 10.2. The summed E-state index contributed by atoms with van der Waals surface area (Å²) in [6.45, 7) is 3.01. The van der Waals surface area contributed by atoms with Crippen LogP contribution in [0.2, 0.25) is 0 Å². The van der Waals surface area contributed by atoms with Crippen molar-refractivity contribution in [2.75, 3.05) is 19.7 Å². The van der Waals surface area contributed by atoms with Crippen LogP contribution in [0.3, 0.4) is 0 Å². The average molecular weight is 237 g/mol. The number of hydrogen-bond donors (Lipinski definition) is 2. The van der Waals surface area contributed by atoms with Gasteiger partial charge in [0, 0.05) is 25.5 Å². The number of hydrogen-bond acceptors (Lipinski definition) is 3. The molecule has 2 rings (SSSR count). The predicted octanol–water partition coefficient (Wildman–Crippen LogP) is -0.0336. The van der Waals surface area contributed by atoms with Gasteiger partial charge in [-0.2, -0.15) is 5.10 Å². The van der Waals surface area contributed by atoms with Gasteiger partial charge in [-0.1, -0.05) is 0 Å². The summed E-state index contributed by atoms with van der Waals surface area (Å²) in [4.78, 5) is 4.25. The Morgan fingerprint density at radius 1 is 1.65 bits per heavy atom. The van der Waals surface area contributed by atoms with E-state index < -0.39 is 0 Å². The second kappa shape index (κ2) is 6.24. The van der Waals surface area contributed by atoms with E-state index >= 15 is 0 Å². The first-order chi connectivity index (χ1) is 8.34. The van der Waals surface area contributed by atoms with Gasteiger partial charge in [0.1, 0.15) is 0 Å². The van der Waals surface area contributed by atoms with E-state index in [2.05, 4.69) is 15.4 Å². The number of ether oxygens (including phenoxy) is 1. The van der Waals surface area contributed by atoms with Gasteiger partial charge in [-0.05, 0) is 18.9 Å². The van der Waals surface area contributed by atoms with Crippen LogP contribution in [-0.2, 0) is 11.3 Å². The van der Waals surface area contributed by atoms with Gasteiger partial charge in [0.2, 0.25) is 0 Å². The van der Waals surface area contributed by atoms with Crippen molar-refractivity contribution in [2.24, 2.45) is 10.7 Å². The van der Waals surface area contributed by atoms with Crippen molar-refractivity contribution in [1.82, 2.24) is 15.1 Å². The van der Waals surface area contributed by atoms with Crippen LogP contribution in [0.25, 0.3) is 0 Å². The summed E-state index contributed by atoms with van der Waals surface area (Å²) in [5.74, 6) is 0.479. The molecule has 3 N–H and O–H groups in total. The summed E-state index contributed by atoms with van der Waals surface area (Å²) >= 11 is 0. The van der Waals surface area contributed by atoms with Crippen molar-refractivity contribution in [3.63, 3.8) is 0 Å². The van der Waals surface area contributed by atoms with Crippen LogP contribution in [0.1, 0.15) is 12.8 Å². The Morgan fingerprint density at radius 2 is 2.59 bits per heavy atom. The summed E-state index contributed by atoms with van der Waals surface area (Å²) in [6.07, 6.45) is 6.15. The minimum atomic E-state index is 0.251. The van der Waals surface area contributed by atoms with Crippen molar-refractivity contribution >= 4 is 5.96 Å². The lowest BCUT2D eigenvalue weighted by Crippen LogP contribution is -2.35. The second-order valence-corrected chi connectivity index (χ2v) is 4.06. The minimum Gasteiger partial charge on any atom is -0.376 e. The average Bonchev–Trinajstić information content (AvgIpc) is 2.99. The summed E-state index contributed by atoms with van der Waals surface area (Å²) in [5.41, 5.74) is 5.74. The molecule has 1 aliphatic heterocycles. The van der Waals surface area contributed by atoms with Crippen LogP contribution in [0.5, 0.6) is 0 Å². The molecule has 6 nitrogen and oxygen atoms in total. The second-order valence-electron chi connectivity index (χ2n) is 4.06. The van der Waals surface area contributed by atoms with Gasteiger partial charge in [-0.3, -0.25) is 9.67 Å². The van der Waals surface area contributed by atoms with E-state index in [1.54, 1.807) is 6.20 Å². The quantitative estimate of drug-likeness (QED) is 0.557. The highest BCUT2D eigenvalue weighted by molar-refractivity contribution is 5.77. The monoisotopic (exact) mass is 237 g/mol. The fourth-order valence-corrected chi connectivity index (χ4v) is 1.78. The highest BCUT2D eigenvalue weighted by atomic mass is 16.5. The Hall–Kier alpha value is -1.56. The molecule has 1 fully saturated rings. The Bertz CT molecular complexity index is 343. The molecule has 0 saturated carbocycles. The molecule has 1 aromatic rings. The van der Waals surface area contributed by atoms with E-state index in [4.69, 9.17) is 10.5 Å². The van der Waals surface area contributed by atoms with Crippen LogP contribution in [0, 0.1) is 0 Å². The van der Waals surface area contributed by atoms with Gasteiger partial charge in [0.15, 0.2) is 5.96 Å². The molecule has 1 saturated heterocycles. The maximum atomic E-state index is 5.74. The van der Waals surface area contributed by atoms with Crippen molar-refractivity contribution in [3.05, 3.63) is 18.5 Å².